The number of ether oxygens (including phenoxy) is 1. The second-order valence-electron chi connectivity index (χ2n) is 6.37. The maximum Gasteiger partial charge on any atom is 0.123 e. The largest absolute Gasteiger partial charge is 0.488 e. The topological polar surface area (TPSA) is 38.5 Å². The Labute approximate surface area is 115 Å². The van der Waals surface area contributed by atoms with E-state index in [9.17, 15) is 0 Å². The molecule has 1 unspecified atom stereocenters. The monoisotopic (exact) mass is 260 g/mol. The fourth-order valence-electron chi connectivity index (χ4n) is 3.35. The van der Waals surface area contributed by atoms with Gasteiger partial charge in [0, 0.05) is 25.6 Å². The van der Waals surface area contributed by atoms with Crippen molar-refractivity contribution >= 4 is 0 Å². The second-order valence-corrected chi connectivity index (χ2v) is 6.37. The van der Waals surface area contributed by atoms with Gasteiger partial charge in [-0.3, -0.25) is 0 Å². The molecule has 0 radical (unpaired) electrons. The number of hydrogen-bond donors (Lipinski definition) is 1. The van der Waals surface area contributed by atoms with E-state index in [1.165, 1.54) is 24.0 Å². The Hall–Kier alpha value is -1.06. The van der Waals surface area contributed by atoms with Gasteiger partial charge in [0.2, 0.25) is 0 Å². The molecule has 1 atom stereocenters. The molecular formula is C16H24N2O. The summed E-state index contributed by atoms with van der Waals surface area (Å²) in [5, 5.41) is 0. The molecule has 19 heavy (non-hydrogen) atoms. The smallest absolute Gasteiger partial charge is 0.123 e. The third-order valence-corrected chi connectivity index (χ3v) is 4.31. The lowest BCUT2D eigenvalue weighted by Crippen LogP contribution is -2.43. The maximum atomic E-state index is 6.02. The average Bonchev–Trinajstić information content (AvgIpc) is 2.68. The molecule has 104 valence electrons. The number of aryl methyl sites for hydroxylation is 1. The molecule has 1 saturated carbocycles. The van der Waals surface area contributed by atoms with Crippen LogP contribution >= 0.6 is 0 Å². The minimum Gasteiger partial charge on any atom is -0.488 e. The van der Waals surface area contributed by atoms with Gasteiger partial charge in [-0.2, -0.15) is 0 Å². The second kappa shape index (κ2) is 5.14. The van der Waals surface area contributed by atoms with Crippen LogP contribution in [-0.4, -0.2) is 37.2 Å². The fourth-order valence-corrected chi connectivity index (χ4v) is 3.35. The van der Waals surface area contributed by atoms with Crippen LogP contribution in [0.1, 0.15) is 24.0 Å². The summed E-state index contributed by atoms with van der Waals surface area (Å²) < 4.78 is 6.02. The SMILES string of the molecule is Cc1ccc2c(c1)CC(CN(C)CC1CC(N)C1)O2. The lowest BCUT2D eigenvalue weighted by Gasteiger charge is -2.35. The Bertz CT molecular complexity index is 454. The number of likely N-dealkylation sites (N-methyl/N-ethyl adjacent to an activating group) is 1. The van der Waals surface area contributed by atoms with Crippen LogP contribution in [0.2, 0.25) is 0 Å². The Kier molecular flexibility index (Phi) is 3.50. The van der Waals surface area contributed by atoms with E-state index in [2.05, 4.69) is 37.1 Å². The van der Waals surface area contributed by atoms with Gasteiger partial charge in [0.25, 0.3) is 0 Å². The minimum absolute atomic E-state index is 0.315. The molecule has 3 rings (SSSR count). The van der Waals surface area contributed by atoms with Crippen molar-refractivity contribution in [2.75, 3.05) is 20.1 Å². The van der Waals surface area contributed by atoms with Crippen molar-refractivity contribution in [3.8, 4) is 5.75 Å². The molecule has 2 aliphatic rings. The van der Waals surface area contributed by atoms with E-state index in [1.54, 1.807) is 0 Å². The quantitative estimate of drug-likeness (QED) is 0.899. The Morgan fingerprint density at radius 2 is 2.11 bits per heavy atom. The van der Waals surface area contributed by atoms with E-state index < -0.39 is 0 Å². The molecule has 0 saturated heterocycles. The summed E-state index contributed by atoms with van der Waals surface area (Å²) in [6.45, 7) is 4.31. The fraction of sp³-hybridized carbons (Fsp3) is 0.625. The average molecular weight is 260 g/mol. The lowest BCUT2D eigenvalue weighted by molar-refractivity contribution is 0.129. The molecule has 0 bridgehead atoms. The first-order chi connectivity index (χ1) is 9.10. The van der Waals surface area contributed by atoms with Crippen LogP contribution in [0.4, 0.5) is 0 Å². The lowest BCUT2D eigenvalue weighted by atomic mass is 9.80. The first kappa shape index (κ1) is 12.9. The third kappa shape index (κ3) is 2.93. The molecule has 0 amide bonds. The summed E-state index contributed by atoms with van der Waals surface area (Å²) in [4.78, 5) is 2.40. The highest BCUT2D eigenvalue weighted by atomic mass is 16.5. The van der Waals surface area contributed by atoms with Crippen LogP contribution in [-0.2, 0) is 6.42 Å². The van der Waals surface area contributed by atoms with Crippen LogP contribution in [0.3, 0.4) is 0 Å². The van der Waals surface area contributed by atoms with Crippen LogP contribution in [0, 0.1) is 12.8 Å². The summed E-state index contributed by atoms with van der Waals surface area (Å²) in [6.07, 6.45) is 3.74. The summed E-state index contributed by atoms with van der Waals surface area (Å²) >= 11 is 0. The van der Waals surface area contributed by atoms with Crippen molar-refractivity contribution < 1.29 is 4.74 Å². The van der Waals surface area contributed by atoms with Gasteiger partial charge in [-0.05, 0) is 44.4 Å². The minimum atomic E-state index is 0.315. The van der Waals surface area contributed by atoms with Gasteiger partial charge < -0.3 is 15.4 Å². The highest BCUT2D eigenvalue weighted by Crippen LogP contribution is 2.30. The molecule has 0 aromatic heterocycles. The molecule has 1 aliphatic heterocycles. The van der Waals surface area contributed by atoms with Gasteiger partial charge >= 0.3 is 0 Å². The van der Waals surface area contributed by atoms with E-state index in [0.29, 0.717) is 12.1 Å². The van der Waals surface area contributed by atoms with Gasteiger partial charge in [-0.15, -0.1) is 0 Å². The molecule has 1 aromatic rings. The normalized spacial score (nSPS) is 28.9. The molecule has 2 N–H and O–H groups in total. The van der Waals surface area contributed by atoms with Crippen LogP contribution < -0.4 is 10.5 Å². The van der Waals surface area contributed by atoms with E-state index in [4.69, 9.17) is 10.5 Å². The zero-order valence-electron chi connectivity index (χ0n) is 11.9. The van der Waals surface area contributed by atoms with Crippen molar-refractivity contribution in [1.82, 2.24) is 4.90 Å². The molecule has 1 fully saturated rings. The number of nitrogens with zero attached hydrogens (tertiary/aromatic N) is 1. The summed E-state index contributed by atoms with van der Waals surface area (Å²) in [6, 6.07) is 6.93. The summed E-state index contributed by atoms with van der Waals surface area (Å²) in [5.74, 6) is 1.88. The third-order valence-electron chi connectivity index (χ3n) is 4.31. The van der Waals surface area contributed by atoms with Gasteiger partial charge in [-0.25, -0.2) is 0 Å². The number of benzene rings is 1. The number of nitrogens with two attached hydrogens (primary N) is 1. The Morgan fingerprint density at radius 3 is 2.84 bits per heavy atom. The first-order valence-electron chi connectivity index (χ1n) is 7.30. The predicted octanol–water partition coefficient (Wildman–Crippen LogP) is 1.97. The molecule has 1 heterocycles. The van der Waals surface area contributed by atoms with Gasteiger partial charge in [0.05, 0.1) is 0 Å². The molecule has 0 spiro atoms. The maximum absolute atomic E-state index is 6.02. The van der Waals surface area contributed by atoms with E-state index in [0.717, 1.165) is 31.2 Å². The van der Waals surface area contributed by atoms with Crippen molar-refractivity contribution in [1.29, 1.82) is 0 Å². The van der Waals surface area contributed by atoms with Gasteiger partial charge in [0.15, 0.2) is 0 Å². The van der Waals surface area contributed by atoms with Gasteiger partial charge in [0.1, 0.15) is 11.9 Å². The van der Waals surface area contributed by atoms with Crippen molar-refractivity contribution in [3.63, 3.8) is 0 Å². The number of hydrogen-bond acceptors (Lipinski definition) is 3. The molecule has 3 nitrogen and oxygen atoms in total. The molecule has 1 aromatic carbocycles. The van der Waals surface area contributed by atoms with E-state index in [-0.39, 0.29) is 0 Å². The van der Waals surface area contributed by atoms with Crippen LogP contribution in [0.5, 0.6) is 5.75 Å². The number of fused-ring (bicyclic) bond motifs is 1. The van der Waals surface area contributed by atoms with E-state index in [1.807, 2.05) is 0 Å². The van der Waals surface area contributed by atoms with Crippen molar-refractivity contribution in [2.45, 2.75) is 38.3 Å². The van der Waals surface area contributed by atoms with Crippen molar-refractivity contribution in [3.05, 3.63) is 29.3 Å². The standard InChI is InChI=1S/C16H24N2O/c1-11-3-4-16-13(5-11)8-15(19-16)10-18(2)9-12-6-14(17)7-12/h3-5,12,14-15H,6-10,17H2,1-2H3. The van der Waals surface area contributed by atoms with Gasteiger partial charge in [-0.1, -0.05) is 17.7 Å². The highest BCUT2D eigenvalue weighted by molar-refractivity contribution is 5.40. The zero-order chi connectivity index (χ0) is 13.4. The summed E-state index contributed by atoms with van der Waals surface area (Å²) in [5.41, 5.74) is 8.52. The molecule has 3 heteroatoms. The van der Waals surface area contributed by atoms with Crippen LogP contribution in [0.25, 0.3) is 0 Å². The zero-order valence-corrected chi connectivity index (χ0v) is 11.9. The highest BCUT2D eigenvalue weighted by Gasteiger charge is 2.29. The Balaban J connectivity index is 1.50. The molecule has 1 aliphatic carbocycles. The van der Waals surface area contributed by atoms with E-state index >= 15 is 0 Å². The number of rotatable bonds is 4. The van der Waals surface area contributed by atoms with Crippen molar-refractivity contribution in [2.24, 2.45) is 11.7 Å². The first-order valence-corrected chi connectivity index (χ1v) is 7.30. The molecular weight excluding hydrogens is 236 g/mol. The Morgan fingerprint density at radius 1 is 1.32 bits per heavy atom. The predicted molar refractivity (Wildman–Crippen MR) is 77.5 cm³/mol. The van der Waals surface area contributed by atoms with Crippen LogP contribution in [0.15, 0.2) is 18.2 Å². The summed E-state index contributed by atoms with van der Waals surface area (Å²) in [7, 11) is 2.20.